The Morgan fingerprint density at radius 3 is 2.33 bits per heavy atom. The first kappa shape index (κ1) is 21.7. The van der Waals surface area contributed by atoms with Gasteiger partial charge in [-0.2, -0.15) is 0 Å². The van der Waals surface area contributed by atoms with Gasteiger partial charge in [0.15, 0.2) is 16.6 Å². The monoisotopic (exact) mass is 436 g/mol. The van der Waals surface area contributed by atoms with Crippen molar-refractivity contribution >= 4 is 28.3 Å². The predicted octanol–water partition coefficient (Wildman–Crippen LogP) is 1.39. The lowest BCUT2D eigenvalue weighted by molar-refractivity contribution is 0.0846. The summed E-state index contributed by atoms with van der Waals surface area (Å²) in [6.07, 6.45) is 0. The molecule has 1 fully saturated rings. The molecule has 162 valence electrons. The largest absolute Gasteiger partial charge is 0.493 e. The smallest absolute Gasteiger partial charge is 0.281 e. The maximum absolute atomic E-state index is 12.6. The van der Waals surface area contributed by atoms with Crippen LogP contribution < -0.4 is 30.0 Å². The minimum Gasteiger partial charge on any atom is -0.493 e. The van der Waals surface area contributed by atoms with Gasteiger partial charge in [-0.05, 0) is 19.1 Å². The van der Waals surface area contributed by atoms with Crippen LogP contribution in [0.2, 0.25) is 0 Å². The molecule has 2 aromatic rings. The molecule has 2 heterocycles. The second-order valence-corrected chi connectivity index (χ2v) is 7.28. The van der Waals surface area contributed by atoms with Crippen molar-refractivity contribution in [2.45, 2.75) is 6.92 Å². The number of nitrogens with one attached hydrogen (secondary N) is 2. The lowest BCUT2D eigenvalue weighted by Crippen LogP contribution is -2.41. The van der Waals surface area contributed by atoms with Gasteiger partial charge in [-0.1, -0.05) is 11.3 Å². The number of benzene rings is 1. The molecule has 1 aromatic heterocycles. The van der Waals surface area contributed by atoms with E-state index in [-0.39, 0.29) is 17.1 Å². The maximum Gasteiger partial charge on any atom is 0.281 e. The van der Waals surface area contributed by atoms with E-state index in [1.165, 1.54) is 38.7 Å². The van der Waals surface area contributed by atoms with Crippen molar-refractivity contribution in [2.75, 3.05) is 52.5 Å². The number of nitrogens with zero attached hydrogens (tertiary/aromatic N) is 2. The Labute approximate surface area is 178 Å². The highest BCUT2D eigenvalue weighted by molar-refractivity contribution is 7.17. The maximum atomic E-state index is 12.6. The van der Waals surface area contributed by atoms with E-state index in [1.807, 2.05) is 0 Å². The van der Waals surface area contributed by atoms with Gasteiger partial charge in [-0.3, -0.25) is 20.4 Å². The molecule has 0 aliphatic carbocycles. The summed E-state index contributed by atoms with van der Waals surface area (Å²) in [5.41, 5.74) is 5.62. The molecule has 2 amide bonds. The van der Waals surface area contributed by atoms with Gasteiger partial charge in [0, 0.05) is 13.1 Å². The molecular weight excluding hydrogens is 412 g/mol. The van der Waals surface area contributed by atoms with Crippen molar-refractivity contribution in [3.8, 4) is 17.2 Å². The van der Waals surface area contributed by atoms with Crippen LogP contribution >= 0.6 is 11.3 Å². The Hall–Kier alpha value is -3.05. The van der Waals surface area contributed by atoms with Gasteiger partial charge in [0.25, 0.3) is 11.8 Å². The molecule has 1 saturated heterocycles. The molecule has 30 heavy (non-hydrogen) atoms. The number of hydrazine groups is 1. The second-order valence-electron chi connectivity index (χ2n) is 6.30. The van der Waals surface area contributed by atoms with E-state index >= 15 is 0 Å². The molecule has 2 N–H and O–H groups in total. The van der Waals surface area contributed by atoms with E-state index < -0.39 is 11.8 Å². The van der Waals surface area contributed by atoms with Crippen LogP contribution in [-0.4, -0.2) is 64.4 Å². The van der Waals surface area contributed by atoms with Gasteiger partial charge in [-0.15, -0.1) is 0 Å². The van der Waals surface area contributed by atoms with Crippen molar-refractivity contribution in [2.24, 2.45) is 0 Å². The fraction of sp³-hybridized carbons (Fsp3) is 0.421. The van der Waals surface area contributed by atoms with E-state index in [2.05, 4.69) is 20.7 Å². The molecule has 0 unspecified atom stereocenters. The van der Waals surface area contributed by atoms with Gasteiger partial charge in [0.05, 0.1) is 45.8 Å². The van der Waals surface area contributed by atoms with E-state index in [0.717, 1.165) is 18.2 Å². The number of aryl methyl sites for hydroxylation is 1. The van der Waals surface area contributed by atoms with Crippen LogP contribution in [0.1, 0.15) is 25.7 Å². The van der Waals surface area contributed by atoms with Crippen LogP contribution in [0, 0.1) is 6.92 Å². The average molecular weight is 436 g/mol. The Kier molecular flexibility index (Phi) is 6.95. The van der Waals surface area contributed by atoms with E-state index in [1.54, 1.807) is 13.0 Å². The van der Waals surface area contributed by atoms with Crippen molar-refractivity contribution in [3.63, 3.8) is 0 Å². The Bertz CT molecular complexity index is 926. The summed E-state index contributed by atoms with van der Waals surface area (Å²) < 4.78 is 21.1. The Morgan fingerprint density at radius 1 is 1.03 bits per heavy atom. The van der Waals surface area contributed by atoms with Crippen LogP contribution in [0.4, 0.5) is 5.13 Å². The summed E-state index contributed by atoms with van der Waals surface area (Å²) in [6, 6.07) is 3.11. The first-order valence-corrected chi connectivity index (χ1v) is 10.0. The third-order valence-electron chi connectivity index (χ3n) is 4.51. The SMILES string of the molecule is COc1ccc(C(=O)NNC(=O)c2sc(N3CCOCC3)nc2C)c(OC)c1OC. The highest BCUT2D eigenvalue weighted by Gasteiger charge is 2.23. The quantitative estimate of drug-likeness (QED) is 0.654. The van der Waals surface area contributed by atoms with Crippen molar-refractivity contribution < 1.29 is 28.5 Å². The first-order chi connectivity index (χ1) is 14.5. The zero-order valence-electron chi connectivity index (χ0n) is 17.2. The van der Waals surface area contributed by atoms with Gasteiger partial charge in [0.2, 0.25) is 5.75 Å². The van der Waals surface area contributed by atoms with Gasteiger partial charge >= 0.3 is 0 Å². The van der Waals surface area contributed by atoms with Gasteiger partial charge in [0.1, 0.15) is 4.88 Å². The Morgan fingerprint density at radius 2 is 1.70 bits per heavy atom. The number of morpholine rings is 1. The molecule has 3 rings (SSSR count). The number of methoxy groups -OCH3 is 3. The van der Waals surface area contributed by atoms with Crippen molar-refractivity contribution in [3.05, 3.63) is 28.3 Å². The molecular formula is C19H24N4O6S. The number of ether oxygens (including phenoxy) is 4. The third-order valence-corrected chi connectivity index (χ3v) is 5.73. The molecule has 1 aliphatic heterocycles. The minimum atomic E-state index is -0.559. The lowest BCUT2D eigenvalue weighted by Gasteiger charge is -2.25. The third kappa shape index (κ3) is 4.41. The molecule has 0 bridgehead atoms. The molecule has 0 radical (unpaired) electrons. The van der Waals surface area contributed by atoms with Gasteiger partial charge < -0.3 is 23.8 Å². The number of hydrogen-bond donors (Lipinski definition) is 2. The summed E-state index contributed by atoms with van der Waals surface area (Å²) >= 11 is 1.27. The molecule has 11 heteroatoms. The number of amides is 2. The number of carbonyl (C=O) groups excluding carboxylic acids is 2. The second kappa shape index (κ2) is 9.63. The van der Waals surface area contributed by atoms with E-state index in [0.29, 0.717) is 29.5 Å². The van der Waals surface area contributed by atoms with Crippen molar-refractivity contribution in [1.82, 2.24) is 15.8 Å². The van der Waals surface area contributed by atoms with Crippen LogP contribution in [0.5, 0.6) is 17.2 Å². The predicted molar refractivity (Wildman–Crippen MR) is 111 cm³/mol. The van der Waals surface area contributed by atoms with Crippen LogP contribution in [0.15, 0.2) is 12.1 Å². The molecule has 0 atom stereocenters. The van der Waals surface area contributed by atoms with Crippen LogP contribution in [0.3, 0.4) is 0 Å². The average Bonchev–Trinajstić information content (AvgIpc) is 3.18. The fourth-order valence-corrected chi connectivity index (χ4v) is 4.01. The number of carbonyl (C=O) groups is 2. The van der Waals surface area contributed by atoms with Gasteiger partial charge in [-0.25, -0.2) is 4.98 Å². The number of aromatic nitrogens is 1. The highest BCUT2D eigenvalue weighted by Crippen LogP contribution is 2.39. The highest BCUT2D eigenvalue weighted by atomic mass is 32.1. The summed E-state index contributed by atoms with van der Waals surface area (Å²) in [4.78, 5) is 32.2. The van der Waals surface area contributed by atoms with Crippen LogP contribution in [-0.2, 0) is 4.74 Å². The molecule has 1 aliphatic rings. The van der Waals surface area contributed by atoms with Crippen molar-refractivity contribution in [1.29, 1.82) is 0 Å². The molecule has 10 nitrogen and oxygen atoms in total. The topological polar surface area (TPSA) is 111 Å². The summed E-state index contributed by atoms with van der Waals surface area (Å²) in [5.74, 6) is -0.0977. The first-order valence-electron chi connectivity index (χ1n) is 9.19. The molecule has 1 aromatic carbocycles. The lowest BCUT2D eigenvalue weighted by atomic mass is 10.1. The number of thiazole rings is 1. The zero-order valence-corrected chi connectivity index (χ0v) is 18.1. The Balaban J connectivity index is 1.71. The summed E-state index contributed by atoms with van der Waals surface area (Å²) in [7, 11) is 4.35. The van der Waals surface area contributed by atoms with E-state index in [9.17, 15) is 9.59 Å². The standard InChI is InChI=1S/C19H24N4O6S/c1-11-16(30-19(20-11)23-7-9-29-10-8-23)18(25)22-21-17(24)12-5-6-13(26-2)15(28-4)14(12)27-3/h5-6H,7-10H2,1-4H3,(H,21,24)(H,22,25). The number of anilines is 1. The van der Waals surface area contributed by atoms with E-state index in [4.69, 9.17) is 18.9 Å². The zero-order chi connectivity index (χ0) is 21.7. The molecule has 0 spiro atoms. The number of rotatable bonds is 6. The molecule has 0 saturated carbocycles. The van der Waals surface area contributed by atoms with Crippen LogP contribution in [0.25, 0.3) is 0 Å². The summed E-state index contributed by atoms with van der Waals surface area (Å²) in [6.45, 7) is 4.47. The minimum absolute atomic E-state index is 0.186. The fourth-order valence-electron chi connectivity index (χ4n) is 3.00. The number of hydrogen-bond acceptors (Lipinski definition) is 9. The normalized spacial score (nSPS) is 13.5. The summed E-state index contributed by atoms with van der Waals surface area (Å²) in [5, 5.41) is 0.758.